The van der Waals surface area contributed by atoms with Gasteiger partial charge in [0.25, 0.3) is 0 Å². The molecule has 0 fully saturated rings. The number of guanidine groups is 3. The van der Waals surface area contributed by atoms with Gasteiger partial charge in [0, 0.05) is 103 Å². The summed E-state index contributed by atoms with van der Waals surface area (Å²) >= 11 is 0. The smallest absolute Gasteiger partial charge is 0.243 e. The Morgan fingerprint density at radius 2 is 0.740 bits per heavy atom. The molecule has 0 bridgehead atoms. The van der Waals surface area contributed by atoms with Crippen LogP contribution in [0.4, 0.5) is 0 Å². The molecule has 6 aromatic rings. The van der Waals surface area contributed by atoms with Crippen LogP contribution in [-0.4, -0.2) is 149 Å². The lowest BCUT2D eigenvalue weighted by Gasteiger charge is -2.28. The van der Waals surface area contributed by atoms with Gasteiger partial charge in [0.1, 0.15) is 36.3 Å². The maximum Gasteiger partial charge on any atom is 0.243 e. The number of rotatable bonds is 44. The van der Waals surface area contributed by atoms with Crippen molar-refractivity contribution in [3.63, 3.8) is 0 Å². The molecule has 3 heterocycles. The molecule has 29 heteroatoms. The zero-order valence-corrected chi connectivity index (χ0v) is 54.9. The highest BCUT2D eigenvalue weighted by Gasteiger charge is 2.35. The molecule has 8 amide bonds. The summed E-state index contributed by atoms with van der Waals surface area (Å²) < 4.78 is 0. The van der Waals surface area contributed by atoms with Crippen molar-refractivity contribution in [1.82, 2.24) is 52.2 Å². The molecule has 6 rings (SSSR count). The third-order valence-electron chi connectivity index (χ3n) is 16.6. The predicted molar refractivity (Wildman–Crippen MR) is 374 cm³/mol. The maximum atomic E-state index is 15.3. The lowest BCUT2D eigenvalue weighted by Crippen LogP contribution is -2.60. The molecule has 0 radical (unpaired) electrons. The van der Waals surface area contributed by atoms with Crippen molar-refractivity contribution in [1.29, 1.82) is 0 Å². The van der Waals surface area contributed by atoms with E-state index in [2.05, 4.69) is 74.1 Å². The summed E-state index contributed by atoms with van der Waals surface area (Å²) in [6.45, 7) is 2.83. The van der Waals surface area contributed by atoms with E-state index in [0.29, 0.717) is 48.9 Å². The fourth-order valence-electron chi connectivity index (χ4n) is 11.3. The van der Waals surface area contributed by atoms with Crippen LogP contribution in [0.5, 0.6) is 0 Å². The Kier molecular flexibility index (Phi) is 30.8. The van der Waals surface area contributed by atoms with Crippen molar-refractivity contribution in [3.05, 3.63) is 108 Å². The number of nitrogens with one attached hydrogen (secondary N) is 10. The van der Waals surface area contributed by atoms with Crippen LogP contribution >= 0.6 is 0 Å². The first-order chi connectivity index (χ1) is 46.2. The fourth-order valence-corrected chi connectivity index (χ4v) is 11.3. The van der Waals surface area contributed by atoms with Gasteiger partial charge in [0.15, 0.2) is 17.9 Å². The molecule has 520 valence electrons. The molecule has 0 saturated heterocycles. The molecule has 0 spiro atoms. The average molecular weight is 1330 g/mol. The van der Waals surface area contributed by atoms with Gasteiger partial charge < -0.3 is 98.0 Å². The van der Waals surface area contributed by atoms with Crippen LogP contribution in [-0.2, 0) is 57.6 Å². The first-order valence-electron chi connectivity index (χ1n) is 33.2. The molecule has 0 saturated carbocycles. The fraction of sp³-hybridized carbons (Fsp3) is 0.478. The van der Waals surface area contributed by atoms with Gasteiger partial charge >= 0.3 is 0 Å². The minimum absolute atomic E-state index is 0.0360. The number of unbranched alkanes of at least 4 members (excludes halogenated alkanes) is 7. The molecular formula is C67H99N21O8. The van der Waals surface area contributed by atoms with Gasteiger partial charge in [-0.15, -0.1) is 0 Å². The molecule has 0 aliphatic heterocycles. The van der Waals surface area contributed by atoms with Crippen LogP contribution < -0.4 is 83.1 Å². The van der Waals surface area contributed by atoms with Crippen LogP contribution in [0.3, 0.4) is 0 Å². The Labute approximate surface area is 558 Å². The number of amides is 8. The molecule has 29 nitrogen and oxygen atoms in total. The van der Waals surface area contributed by atoms with Gasteiger partial charge in [-0.25, -0.2) is 0 Å². The molecule has 0 unspecified atom stereocenters. The summed E-state index contributed by atoms with van der Waals surface area (Å²) in [6, 6.07) is 12.9. The SMILES string of the molecule is CCCCCCCCCC(=O)NCCCC[C@H](NC(=O)[C@@H](Cc1c[nH]c2ccccc12)NC(=O)[C@@H](CCCN=C(N)N)NC(=O)[C@H](Cc1c[nH]c2ccccc12)NC(=O)[C@@H](CCCN=C(N)N)NC(=O)[C@@H](Cc1c[nH]c2ccccc12)NC(=O)[C@H](N)CCCN=C(N)N)C(N)=O. The van der Waals surface area contributed by atoms with Crippen LogP contribution in [0.2, 0.25) is 0 Å². The minimum atomic E-state index is -1.46. The first kappa shape index (κ1) is 74.8. The number of benzene rings is 3. The van der Waals surface area contributed by atoms with Gasteiger partial charge in [0.2, 0.25) is 47.3 Å². The Balaban J connectivity index is 1.27. The number of fused-ring (bicyclic) bond motifs is 3. The lowest BCUT2D eigenvalue weighted by molar-refractivity contribution is -0.135. The van der Waals surface area contributed by atoms with Crippen LogP contribution in [0, 0.1) is 0 Å². The monoisotopic (exact) mass is 1330 g/mol. The van der Waals surface area contributed by atoms with Crippen molar-refractivity contribution in [2.75, 3.05) is 26.2 Å². The Hall–Kier alpha value is -10.2. The van der Waals surface area contributed by atoms with Crippen molar-refractivity contribution in [3.8, 4) is 0 Å². The number of carbonyl (C=O) groups is 8. The number of nitrogens with two attached hydrogens (primary N) is 8. The standard InChI is InChI=1S/C67H99N21O8/c1-2-3-4-5-6-7-8-30-57(89)76-31-16-15-27-51(58(69)90)83-62(94)55(36-42-39-81-49-25-13-10-21-45(42)49)87-60(92)53(29-19-34-79-67(74)75)85-64(96)56(37-43-40-82-50-26-14-11-22-46(43)50)88-61(93)52(28-18-33-78-66(72)73)84-63(95)54(35-41-38-80-48-24-12-9-20-44(41)48)86-59(91)47(68)23-17-32-77-65(70)71/h9-14,20-22,24-26,38-40,47,51-56,80-82H,2-8,15-19,23,27-37,68H2,1H3,(H2,69,90)(H,76,89)(H,83,94)(H,84,95)(H,85,96)(H,86,91)(H,87,92)(H,88,93)(H4,70,71,77)(H4,72,73,78)(H4,74,75,79)/t47-,51+,52-,53-,54-,55-,56+/m1/s1. The Morgan fingerprint density at radius 1 is 0.396 bits per heavy atom. The van der Waals surface area contributed by atoms with Crippen LogP contribution in [0.25, 0.3) is 32.7 Å². The molecule has 0 aliphatic carbocycles. The summed E-state index contributed by atoms with van der Waals surface area (Å²) in [5.74, 6) is -6.02. The van der Waals surface area contributed by atoms with E-state index in [1.165, 1.54) is 19.3 Å². The molecule has 96 heavy (non-hydrogen) atoms. The van der Waals surface area contributed by atoms with Crippen molar-refractivity contribution < 1.29 is 38.4 Å². The van der Waals surface area contributed by atoms with Gasteiger partial charge in [-0.05, 0) is 99.1 Å². The molecule has 7 atom stereocenters. The second-order valence-corrected chi connectivity index (χ2v) is 24.1. The van der Waals surface area contributed by atoms with E-state index in [1.807, 2.05) is 72.8 Å². The van der Waals surface area contributed by atoms with Gasteiger partial charge in [-0.2, -0.15) is 0 Å². The molecule has 3 aromatic heterocycles. The number of nitrogens with zero attached hydrogens (tertiary/aromatic N) is 3. The number of hydrogen-bond acceptors (Lipinski definition) is 12. The van der Waals surface area contributed by atoms with E-state index >= 15 is 14.4 Å². The summed E-state index contributed by atoms with van der Waals surface area (Å²) in [6.07, 6.45) is 14.6. The highest BCUT2D eigenvalue weighted by molar-refractivity contribution is 5.99. The third-order valence-corrected chi connectivity index (χ3v) is 16.6. The molecular weight excluding hydrogens is 1230 g/mol. The summed E-state index contributed by atoms with van der Waals surface area (Å²) in [4.78, 5) is 136. The number of H-pyrrole nitrogens is 3. The maximum absolute atomic E-state index is 15.3. The van der Waals surface area contributed by atoms with E-state index in [9.17, 15) is 24.0 Å². The van der Waals surface area contributed by atoms with Crippen LogP contribution in [0.1, 0.15) is 133 Å². The van der Waals surface area contributed by atoms with E-state index in [-0.39, 0.29) is 101 Å². The van der Waals surface area contributed by atoms with Gasteiger partial charge in [0.05, 0.1) is 6.04 Å². The summed E-state index contributed by atoms with van der Waals surface area (Å²) in [7, 11) is 0. The highest BCUT2D eigenvalue weighted by atomic mass is 16.2. The number of aliphatic imine (C=N–C) groups is 3. The number of primary amides is 1. The molecule has 0 aliphatic rings. The number of para-hydroxylation sites is 3. The van der Waals surface area contributed by atoms with E-state index < -0.39 is 83.6 Å². The van der Waals surface area contributed by atoms with Gasteiger partial charge in [-0.3, -0.25) is 53.3 Å². The van der Waals surface area contributed by atoms with Crippen LogP contribution in [0.15, 0.2) is 106 Å². The average Bonchev–Trinajstić information content (AvgIpc) is 1.65. The van der Waals surface area contributed by atoms with E-state index in [4.69, 9.17) is 45.9 Å². The Morgan fingerprint density at radius 3 is 1.15 bits per heavy atom. The lowest BCUT2D eigenvalue weighted by atomic mass is 10.0. The first-order valence-corrected chi connectivity index (χ1v) is 33.2. The van der Waals surface area contributed by atoms with Gasteiger partial charge in [-0.1, -0.05) is 100 Å². The summed E-state index contributed by atoms with van der Waals surface area (Å²) in [5.41, 5.74) is 50.1. The van der Waals surface area contributed by atoms with E-state index in [1.54, 1.807) is 18.6 Å². The normalized spacial score (nSPS) is 13.4. The summed E-state index contributed by atoms with van der Waals surface area (Å²) in [5, 5.41) is 22.2. The van der Waals surface area contributed by atoms with Crippen molar-refractivity contribution in [2.24, 2.45) is 60.8 Å². The number of hydrogen-bond donors (Lipinski definition) is 18. The topological polar surface area (TPSA) is 513 Å². The molecule has 3 aromatic carbocycles. The highest BCUT2D eigenvalue weighted by Crippen LogP contribution is 2.23. The largest absolute Gasteiger partial charge is 0.370 e. The second-order valence-electron chi connectivity index (χ2n) is 24.1. The minimum Gasteiger partial charge on any atom is -0.370 e. The third kappa shape index (κ3) is 24.9. The predicted octanol–water partition coefficient (Wildman–Crippen LogP) is 1.47. The molecule has 26 N–H and O–H groups in total. The number of carbonyl (C=O) groups excluding carboxylic acids is 8. The quantitative estimate of drug-likeness (QED) is 0.0146. The number of aromatic nitrogens is 3. The number of aromatic amines is 3. The van der Waals surface area contributed by atoms with Crippen molar-refractivity contribution in [2.45, 2.75) is 178 Å². The van der Waals surface area contributed by atoms with Crippen molar-refractivity contribution >= 4 is 97.8 Å². The van der Waals surface area contributed by atoms with E-state index in [0.717, 1.165) is 58.4 Å². The Bertz CT molecular complexity index is 3600. The zero-order valence-electron chi connectivity index (χ0n) is 54.9. The second kappa shape index (κ2) is 39.5. The zero-order chi connectivity index (χ0) is 69.4.